The molecule has 4 heteroatoms. The third kappa shape index (κ3) is 3.04. The molecule has 0 unspecified atom stereocenters. The fraction of sp³-hybridized carbons (Fsp3) is 0.133. The summed E-state index contributed by atoms with van der Waals surface area (Å²) in [6, 6.07) is 14.7. The smallest absolute Gasteiger partial charge is 0.257 e. The van der Waals surface area contributed by atoms with E-state index in [0.717, 1.165) is 11.4 Å². The number of anilines is 3. The second-order valence-electron chi connectivity index (χ2n) is 4.49. The third-order valence-electron chi connectivity index (χ3n) is 2.78. The van der Waals surface area contributed by atoms with E-state index in [1.54, 1.807) is 12.1 Å². The van der Waals surface area contributed by atoms with Crippen molar-refractivity contribution in [2.45, 2.75) is 0 Å². The van der Waals surface area contributed by atoms with Crippen molar-refractivity contribution < 1.29 is 4.79 Å². The molecule has 0 spiro atoms. The van der Waals surface area contributed by atoms with Crippen LogP contribution in [0.5, 0.6) is 0 Å². The van der Waals surface area contributed by atoms with Gasteiger partial charge in [0.15, 0.2) is 0 Å². The van der Waals surface area contributed by atoms with Crippen LogP contribution in [0.3, 0.4) is 0 Å². The van der Waals surface area contributed by atoms with Crippen LogP contribution in [0, 0.1) is 0 Å². The lowest BCUT2D eigenvalue weighted by atomic mass is 10.1. The van der Waals surface area contributed by atoms with E-state index in [1.807, 2.05) is 55.4 Å². The molecule has 2 aromatic rings. The highest BCUT2D eigenvalue weighted by Crippen LogP contribution is 2.22. The molecule has 0 saturated carbocycles. The van der Waals surface area contributed by atoms with Crippen molar-refractivity contribution in [3.05, 3.63) is 54.1 Å². The largest absolute Gasteiger partial charge is 0.399 e. The number of nitrogens with zero attached hydrogens (tertiary/aromatic N) is 1. The molecule has 0 aliphatic heterocycles. The molecule has 0 bridgehead atoms. The Morgan fingerprint density at radius 1 is 1.11 bits per heavy atom. The Bertz CT molecular complexity index is 579. The minimum atomic E-state index is -0.165. The van der Waals surface area contributed by atoms with Gasteiger partial charge >= 0.3 is 0 Å². The molecule has 2 aromatic carbocycles. The van der Waals surface area contributed by atoms with Crippen molar-refractivity contribution in [1.82, 2.24) is 0 Å². The maximum atomic E-state index is 12.3. The van der Waals surface area contributed by atoms with Gasteiger partial charge in [-0.15, -0.1) is 0 Å². The zero-order chi connectivity index (χ0) is 13.8. The van der Waals surface area contributed by atoms with E-state index >= 15 is 0 Å². The molecule has 2 rings (SSSR count). The normalized spacial score (nSPS) is 10.0. The van der Waals surface area contributed by atoms with E-state index < -0.39 is 0 Å². The standard InChI is InChI=1S/C15H17N3O/c1-18(2)14-9-8-11(16)10-13(14)15(19)17-12-6-4-3-5-7-12/h3-10H,16H2,1-2H3,(H,17,19). The lowest BCUT2D eigenvalue weighted by molar-refractivity contribution is 0.102. The molecular formula is C15H17N3O. The van der Waals surface area contributed by atoms with Gasteiger partial charge in [-0.05, 0) is 30.3 Å². The molecule has 19 heavy (non-hydrogen) atoms. The Labute approximate surface area is 112 Å². The van der Waals surface area contributed by atoms with Gasteiger partial charge in [0.25, 0.3) is 5.91 Å². The van der Waals surface area contributed by atoms with Crippen molar-refractivity contribution in [3.63, 3.8) is 0 Å². The van der Waals surface area contributed by atoms with E-state index in [0.29, 0.717) is 11.3 Å². The van der Waals surface area contributed by atoms with Gasteiger partial charge in [0.05, 0.1) is 5.56 Å². The minimum Gasteiger partial charge on any atom is -0.399 e. The molecule has 0 radical (unpaired) electrons. The van der Waals surface area contributed by atoms with Crippen molar-refractivity contribution in [1.29, 1.82) is 0 Å². The van der Waals surface area contributed by atoms with Gasteiger partial charge in [-0.25, -0.2) is 0 Å². The maximum Gasteiger partial charge on any atom is 0.257 e. The van der Waals surface area contributed by atoms with Crippen LogP contribution in [-0.2, 0) is 0 Å². The van der Waals surface area contributed by atoms with Crippen LogP contribution < -0.4 is 16.0 Å². The third-order valence-corrected chi connectivity index (χ3v) is 2.78. The average Bonchev–Trinajstić information content (AvgIpc) is 2.39. The molecule has 3 N–H and O–H groups in total. The number of rotatable bonds is 3. The fourth-order valence-electron chi connectivity index (χ4n) is 1.85. The van der Waals surface area contributed by atoms with Crippen molar-refractivity contribution in [2.75, 3.05) is 30.0 Å². The number of hydrogen-bond acceptors (Lipinski definition) is 3. The molecule has 0 saturated heterocycles. The molecule has 0 aliphatic carbocycles. The van der Waals surface area contributed by atoms with Crippen LogP contribution in [0.25, 0.3) is 0 Å². The Morgan fingerprint density at radius 2 is 1.79 bits per heavy atom. The summed E-state index contributed by atoms with van der Waals surface area (Å²) in [6.07, 6.45) is 0. The first-order valence-corrected chi connectivity index (χ1v) is 6.01. The van der Waals surface area contributed by atoms with Gasteiger partial charge < -0.3 is 16.0 Å². The second kappa shape index (κ2) is 5.44. The van der Waals surface area contributed by atoms with Gasteiger partial charge in [-0.1, -0.05) is 18.2 Å². The van der Waals surface area contributed by atoms with Crippen molar-refractivity contribution in [2.24, 2.45) is 0 Å². The van der Waals surface area contributed by atoms with Crippen molar-refractivity contribution >= 4 is 23.0 Å². The monoisotopic (exact) mass is 255 g/mol. The second-order valence-corrected chi connectivity index (χ2v) is 4.49. The quantitative estimate of drug-likeness (QED) is 0.829. The summed E-state index contributed by atoms with van der Waals surface area (Å²) in [7, 11) is 3.79. The highest BCUT2D eigenvalue weighted by molar-refractivity contribution is 6.08. The number of carbonyl (C=O) groups is 1. The molecule has 1 amide bonds. The van der Waals surface area contributed by atoms with Crippen LogP contribution in [-0.4, -0.2) is 20.0 Å². The first-order chi connectivity index (χ1) is 9.08. The summed E-state index contributed by atoms with van der Waals surface area (Å²) >= 11 is 0. The van der Waals surface area contributed by atoms with Gasteiger partial charge in [-0.3, -0.25) is 4.79 Å². The predicted octanol–water partition coefficient (Wildman–Crippen LogP) is 2.59. The zero-order valence-electron chi connectivity index (χ0n) is 11.1. The molecule has 0 heterocycles. The molecular weight excluding hydrogens is 238 g/mol. The summed E-state index contributed by atoms with van der Waals surface area (Å²) in [5, 5.41) is 2.86. The summed E-state index contributed by atoms with van der Waals surface area (Å²) in [4.78, 5) is 14.2. The number of nitrogens with one attached hydrogen (secondary N) is 1. The summed E-state index contributed by atoms with van der Waals surface area (Å²) in [5.74, 6) is -0.165. The summed E-state index contributed by atoms with van der Waals surface area (Å²) < 4.78 is 0. The highest BCUT2D eigenvalue weighted by Gasteiger charge is 2.13. The first kappa shape index (κ1) is 13.0. The number of para-hydroxylation sites is 1. The van der Waals surface area contributed by atoms with Gasteiger partial charge in [-0.2, -0.15) is 0 Å². The van der Waals surface area contributed by atoms with Crippen LogP contribution >= 0.6 is 0 Å². The Hall–Kier alpha value is -2.49. The fourth-order valence-corrected chi connectivity index (χ4v) is 1.85. The minimum absolute atomic E-state index is 0.165. The van der Waals surface area contributed by atoms with E-state index in [2.05, 4.69) is 5.32 Å². The number of nitrogen functional groups attached to an aromatic ring is 1. The summed E-state index contributed by atoms with van der Waals surface area (Å²) in [5.41, 5.74) is 8.50. The van der Waals surface area contributed by atoms with E-state index in [4.69, 9.17) is 5.73 Å². The van der Waals surface area contributed by atoms with Gasteiger partial charge in [0.2, 0.25) is 0 Å². The maximum absolute atomic E-state index is 12.3. The molecule has 0 aromatic heterocycles. The Morgan fingerprint density at radius 3 is 2.42 bits per heavy atom. The molecule has 98 valence electrons. The van der Waals surface area contributed by atoms with Crippen LogP contribution in [0.1, 0.15) is 10.4 Å². The van der Waals surface area contributed by atoms with Gasteiger partial charge in [0, 0.05) is 31.2 Å². The summed E-state index contributed by atoms with van der Waals surface area (Å²) in [6.45, 7) is 0. The van der Waals surface area contributed by atoms with E-state index in [9.17, 15) is 4.79 Å². The van der Waals surface area contributed by atoms with E-state index in [-0.39, 0.29) is 5.91 Å². The Balaban J connectivity index is 2.30. The van der Waals surface area contributed by atoms with Gasteiger partial charge in [0.1, 0.15) is 0 Å². The van der Waals surface area contributed by atoms with E-state index in [1.165, 1.54) is 0 Å². The first-order valence-electron chi connectivity index (χ1n) is 6.01. The number of amides is 1. The van der Waals surface area contributed by atoms with Crippen LogP contribution in [0.4, 0.5) is 17.1 Å². The van der Waals surface area contributed by atoms with Crippen molar-refractivity contribution in [3.8, 4) is 0 Å². The molecule has 0 atom stereocenters. The molecule has 4 nitrogen and oxygen atoms in total. The Kier molecular flexibility index (Phi) is 3.71. The number of hydrogen-bond donors (Lipinski definition) is 2. The zero-order valence-corrected chi connectivity index (χ0v) is 11.1. The lowest BCUT2D eigenvalue weighted by Crippen LogP contribution is -2.18. The van der Waals surface area contributed by atoms with Crippen LogP contribution in [0.15, 0.2) is 48.5 Å². The predicted molar refractivity (Wildman–Crippen MR) is 79.6 cm³/mol. The highest BCUT2D eigenvalue weighted by atomic mass is 16.1. The average molecular weight is 255 g/mol. The number of nitrogens with two attached hydrogens (primary N) is 1. The lowest BCUT2D eigenvalue weighted by Gasteiger charge is -2.17. The molecule has 0 fully saturated rings. The number of carbonyl (C=O) groups excluding carboxylic acids is 1. The SMILES string of the molecule is CN(C)c1ccc(N)cc1C(=O)Nc1ccccc1. The topological polar surface area (TPSA) is 58.4 Å². The molecule has 0 aliphatic rings. The number of benzene rings is 2. The van der Waals surface area contributed by atoms with Crippen LogP contribution in [0.2, 0.25) is 0 Å².